The van der Waals surface area contributed by atoms with Gasteiger partial charge >= 0.3 is 0 Å². The lowest BCUT2D eigenvalue weighted by Crippen LogP contribution is -2.50. The molecule has 28 heavy (non-hydrogen) atoms. The molecule has 0 aromatic carbocycles. The van der Waals surface area contributed by atoms with Crippen molar-refractivity contribution in [2.24, 2.45) is 0 Å². The molecule has 1 unspecified atom stereocenters. The normalized spacial score (nSPS) is 18.6. The van der Waals surface area contributed by atoms with Gasteiger partial charge in [0.2, 0.25) is 0 Å². The number of rotatable bonds is 4. The zero-order valence-corrected chi connectivity index (χ0v) is 16.7. The van der Waals surface area contributed by atoms with Crippen molar-refractivity contribution in [2.75, 3.05) is 37.6 Å². The second kappa shape index (κ2) is 8.22. The average Bonchev–Trinajstić information content (AvgIpc) is 2.78. The second-order valence-electron chi connectivity index (χ2n) is 7.62. The predicted octanol–water partition coefficient (Wildman–Crippen LogP) is 1.99. The zero-order chi connectivity index (χ0) is 19.5. The molecule has 1 fully saturated rings. The molecule has 1 saturated heterocycles. The van der Waals surface area contributed by atoms with Crippen molar-refractivity contribution in [3.8, 4) is 0 Å². The maximum absolute atomic E-state index is 12.8. The number of pyridine rings is 1. The molecule has 4 rings (SSSR count). The maximum Gasteiger partial charge on any atom is 0.255 e. The molecule has 0 spiro atoms. The lowest BCUT2D eigenvalue weighted by atomic mass is 10.0. The van der Waals surface area contributed by atoms with Crippen LogP contribution in [0.2, 0.25) is 0 Å². The van der Waals surface area contributed by atoms with Gasteiger partial charge in [-0.2, -0.15) is 0 Å². The van der Waals surface area contributed by atoms with E-state index >= 15 is 0 Å². The molecule has 0 saturated carbocycles. The summed E-state index contributed by atoms with van der Waals surface area (Å²) in [4.78, 5) is 32.7. The quantitative estimate of drug-likeness (QED) is 0.808. The van der Waals surface area contributed by atoms with Gasteiger partial charge in [0.05, 0.1) is 17.8 Å². The Morgan fingerprint density at radius 1 is 1.18 bits per heavy atom. The molecule has 2 aromatic heterocycles. The molecule has 2 aliphatic heterocycles. The molecular formula is C21H28N6O. The van der Waals surface area contributed by atoms with Crippen LogP contribution in [-0.4, -0.2) is 69.4 Å². The molecular weight excluding hydrogens is 352 g/mol. The summed E-state index contributed by atoms with van der Waals surface area (Å²) in [6, 6.07) is 4.24. The highest BCUT2D eigenvalue weighted by atomic mass is 16.2. The van der Waals surface area contributed by atoms with Gasteiger partial charge in [0, 0.05) is 56.7 Å². The Kier molecular flexibility index (Phi) is 5.52. The number of piperazine rings is 1. The van der Waals surface area contributed by atoms with Gasteiger partial charge in [0.15, 0.2) is 0 Å². The summed E-state index contributed by atoms with van der Waals surface area (Å²) >= 11 is 0. The predicted molar refractivity (Wildman–Crippen MR) is 108 cm³/mol. The van der Waals surface area contributed by atoms with Crippen LogP contribution in [0.1, 0.15) is 41.9 Å². The Morgan fingerprint density at radius 2 is 2.00 bits per heavy atom. The number of anilines is 1. The number of aromatic nitrogens is 3. The Morgan fingerprint density at radius 3 is 2.71 bits per heavy atom. The minimum Gasteiger partial charge on any atom is -0.354 e. The fourth-order valence-electron chi connectivity index (χ4n) is 4.09. The monoisotopic (exact) mass is 380 g/mol. The summed E-state index contributed by atoms with van der Waals surface area (Å²) < 4.78 is 0. The first-order valence-electron chi connectivity index (χ1n) is 10.2. The Hall–Kier alpha value is -2.54. The molecule has 7 heteroatoms. The maximum atomic E-state index is 12.8. The van der Waals surface area contributed by atoms with E-state index in [1.165, 1.54) is 12.0 Å². The molecule has 0 radical (unpaired) electrons. The number of hydrogen-bond donors (Lipinski definition) is 0. The topological polar surface area (TPSA) is 65.5 Å². The highest BCUT2D eigenvalue weighted by molar-refractivity contribution is 5.94. The third-order valence-electron chi connectivity index (χ3n) is 6.01. The van der Waals surface area contributed by atoms with E-state index in [9.17, 15) is 4.79 Å². The van der Waals surface area contributed by atoms with Gasteiger partial charge in [-0.15, -0.1) is 0 Å². The summed E-state index contributed by atoms with van der Waals surface area (Å²) in [6.45, 7) is 9.89. The van der Waals surface area contributed by atoms with Crippen LogP contribution < -0.4 is 4.90 Å². The number of fused-ring (bicyclic) bond motifs is 1. The third-order valence-corrected chi connectivity index (χ3v) is 6.01. The van der Waals surface area contributed by atoms with Gasteiger partial charge in [0.1, 0.15) is 12.1 Å². The molecule has 148 valence electrons. The molecule has 2 aromatic rings. The van der Waals surface area contributed by atoms with Crippen LogP contribution in [0.4, 0.5) is 5.82 Å². The second-order valence-corrected chi connectivity index (χ2v) is 7.62. The molecule has 7 nitrogen and oxygen atoms in total. The minimum absolute atomic E-state index is 0.0149. The van der Waals surface area contributed by atoms with Crippen molar-refractivity contribution in [3.05, 3.63) is 47.7 Å². The van der Waals surface area contributed by atoms with Gasteiger partial charge in [0.25, 0.3) is 5.91 Å². The first-order valence-corrected chi connectivity index (χ1v) is 10.2. The molecule has 0 aliphatic carbocycles. The molecule has 1 amide bonds. The number of amides is 1. The lowest BCUT2D eigenvalue weighted by Gasteiger charge is -2.39. The highest BCUT2D eigenvalue weighted by Gasteiger charge is 2.28. The van der Waals surface area contributed by atoms with E-state index in [0.29, 0.717) is 24.7 Å². The highest BCUT2D eigenvalue weighted by Crippen LogP contribution is 2.27. The van der Waals surface area contributed by atoms with Crippen molar-refractivity contribution in [1.82, 2.24) is 24.8 Å². The van der Waals surface area contributed by atoms with Crippen molar-refractivity contribution in [3.63, 3.8) is 0 Å². The van der Waals surface area contributed by atoms with Gasteiger partial charge < -0.3 is 9.80 Å². The molecule has 4 heterocycles. The van der Waals surface area contributed by atoms with E-state index in [0.717, 1.165) is 44.1 Å². The standard InChI is InChI=1S/C21H28N6O/c1-3-16(2)25-9-11-26(12-10-25)20-18-6-8-27(14-19(18)23-15-24-20)21(28)17-5-4-7-22-13-17/h4-5,7,13,15-16H,3,6,8-12,14H2,1-2H3. The summed E-state index contributed by atoms with van der Waals surface area (Å²) in [5.41, 5.74) is 2.80. The lowest BCUT2D eigenvalue weighted by molar-refractivity contribution is 0.0731. The van der Waals surface area contributed by atoms with Gasteiger partial charge in [-0.25, -0.2) is 9.97 Å². The largest absolute Gasteiger partial charge is 0.354 e. The summed E-state index contributed by atoms with van der Waals surface area (Å²) in [5, 5.41) is 0. The zero-order valence-electron chi connectivity index (χ0n) is 16.7. The van der Waals surface area contributed by atoms with Crippen LogP contribution >= 0.6 is 0 Å². The number of carbonyl (C=O) groups is 1. The summed E-state index contributed by atoms with van der Waals surface area (Å²) in [6.07, 6.45) is 6.93. The van der Waals surface area contributed by atoms with Crippen molar-refractivity contribution >= 4 is 11.7 Å². The van der Waals surface area contributed by atoms with Crippen LogP contribution in [0.3, 0.4) is 0 Å². The minimum atomic E-state index is 0.0149. The summed E-state index contributed by atoms with van der Waals surface area (Å²) in [7, 11) is 0. The van der Waals surface area contributed by atoms with Crippen LogP contribution in [0.25, 0.3) is 0 Å². The Balaban J connectivity index is 1.47. The smallest absolute Gasteiger partial charge is 0.255 e. The molecule has 0 bridgehead atoms. The van der Waals surface area contributed by atoms with Crippen LogP contribution in [0.15, 0.2) is 30.9 Å². The van der Waals surface area contributed by atoms with Gasteiger partial charge in [-0.05, 0) is 31.9 Å². The fraction of sp³-hybridized carbons (Fsp3) is 0.524. The number of hydrogen-bond acceptors (Lipinski definition) is 6. The van der Waals surface area contributed by atoms with Crippen molar-refractivity contribution < 1.29 is 4.79 Å². The Bertz CT molecular complexity index is 819. The van der Waals surface area contributed by atoms with E-state index in [1.54, 1.807) is 24.8 Å². The number of carbonyl (C=O) groups excluding carboxylic acids is 1. The van der Waals surface area contributed by atoms with E-state index < -0.39 is 0 Å². The molecule has 1 atom stereocenters. The van der Waals surface area contributed by atoms with Crippen LogP contribution in [-0.2, 0) is 13.0 Å². The molecule has 2 aliphatic rings. The van der Waals surface area contributed by atoms with Crippen molar-refractivity contribution in [2.45, 2.75) is 39.3 Å². The first kappa shape index (κ1) is 18.8. The van der Waals surface area contributed by atoms with Crippen LogP contribution in [0, 0.1) is 0 Å². The van der Waals surface area contributed by atoms with Gasteiger partial charge in [-0.3, -0.25) is 14.7 Å². The van der Waals surface area contributed by atoms with E-state index in [4.69, 9.17) is 0 Å². The average molecular weight is 380 g/mol. The van der Waals surface area contributed by atoms with Crippen molar-refractivity contribution in [1.29, 1.82) is 0 Å². The van der Waals surface area contributed by atoms with Gasteiger partial charge in [-0.1, -0.05) is 6.92 Å². The summed E-state index contributed by atoms with van der Waals surface area (Å²) in [5.74, 6) is 1.07. The number of nitrogens with zero attached hydrogens (tertiary/aromatic N) is 6. The van der Waals surface area contributed by atoms with E-state index in [-0.39, 0.29) is 5.91 Å². The van der Waals surface area contributed by atoms with E-state index in [2.05, 4.69) is 38.6 Å². The fourth-order valence-corrected chi connectivity index (χ4v) is 4.09. The van der Waals surface area contributed by atoms with E-state index in [1.807, 2.05) is 11.0 Å². The Labute approximate surface area is 166 Å². The van der Waals surface area contributed by atoms with Crippen LogP contribution in [0.5, 0.6) is 0 Å². The third kappa shape index (κ3) is 3.71. The SMILES string of the molecule is CCC(C)N1CCN(c2ncnc3c2CCN(C(=O)c2cccnc2)C3)CC1. The molecule has 0 N–H and O–H groups in total. The first-order chi connectivity index (χ1) is 13.7.